The predicted molar refractivity (Wildman–Crippen MR) is 97.5 cm³/mol. The summed E-state index contributed by atoms with van der Waals surface area (Å²) < 4.78 is 28.7. The van der Waals surface area contributed by atoms with E-state index in [2.05, 4.69) is 37.9 Å². The number of benzene rings is 1. The number of rotatable bonds is 5. The summed E-state index contributed by atoms with van der Waals surface area (Å²) in [6.07, 6.45) is 1.49. The van der Waals surface area contributed by atoms with Crippen molar-refractivity contribution in [2.45, 2.75) is 50.3 Å². The molecule has 1 N–H and O–H groups in total. The molecule has 0 spiro atoms. The minimum Gasteiger partial charge on any atom is -0.373 e. The number of amides is 1. The molecule has 1 aromatic carbocycles. The number of morpholine rings is 1. The van der Waals surface area contributed by atoms with Gasteiger partial charge in [-0.05, 0) is 52.0 Å². The van der Waals surface area contributed by atoms with Gasteiger partial charge >= 0.3 is 0 Å². The van der Waals surface area contributed by atoms with Crippen molar-refractivity contribution in [3.8, 4) is 0 Å². The van der Waals surface area contributed by atoms with Crippen LogP contribution in [-0.2, 0) is 14.6 Å². The van der Waals surface area contributed by atoms with Crippen LogP contribution in [-0.4, -0.2) is 62.9 Å². The van der Waals surface area contributed by atoms with E-state index in [9.17, 15) is 13.2 Å². The molecule has 2 atom stereocenters. The summed E-state index contributed by atoms with van der Waals surface area (Å²) in [4.78, 5) is 14.9. The van der Waals surface area contributed by atoms with E-state index in [-0.39, 0.29) is 28.5 Å². The molecule has 1 heterocycles. The number of carbonyl (C=O) groups is 1. The first-order valence-electron chi connectivity index (χ1n) is 8.48. The fourth-order valence-electron chi connectivity index (χ4n) is 3.04. The van der Waals surface area contributed by atoms with Gasteiger partial charge in [0.25, 0.3) is 5.91 Å². The molecule has 1 aliphatic heterocycles. The van der Waals surface area contributed by atoms with E-state index in [1.54, 1.807) is 0 Å². The molecule has 7 heteroatoms. The average Bonchev–Trinajstić information content (AvgIpc) is 2.51. The zero-order chi connectivity index (χ0) is 18.8. The number of nitrogens with zero attached hydrogens (tertiary/aromatic N) is 1. The quantitative estimate of drug-likeness (QED) is 0.856. The molecular weight excluding hydrogens is 340 g/mol. The second-order valence-corrected chi connectivity index (χ2v) is 9.47. The fourth-order valence-corrected chi connectivity index (χ4v) is 3.67. The van der Waals surface area contributed by atoms with Crippen molar-refractivity contribution in [3.05, 3.63) is 29.8 Å². The monoisotopic (exact) mass is 368 g/mol. The zero-order valence-corrected chi connectivity index (χ0v) is 16.4. The summed E-state index contributed by atoms with van der Waals surface area (Å²) in [5.74, 6) is -0.206. The maximum absolute atomic E-state index is 12.4. The predicted octanol–water partition coefficient (Wildman–Crippen LogP) is 1.71. The Bertz CT molecular complexity index is 703. The molecule has 0 aromatic heterocycles. The molecule has 25 heavy (non-hydrogen) atoms. The van der Waals surface area contributed by atoms with Crippen LogP contribution in [0.25, 0.3) is 0 Å². The fraction of sp³-hybridized carbons (Fsp3) is 0.611. The van der Waals surface area contributed by atoms with Crippen LogP contribution in [0.5, 0.6) is 0 Å². The van der Waals surface area contributed by atoms with Gasteiger partial charge in [0.15, 0.2) is 9.84 Å². The number of carbonyl (C=O) groups excluding carboxylic acids is 1. The Labute approximate surface area is 150 Å². The smallest absolute Gasteiger partial charge is 0.251 e. The molecule has 2 unspecified atom stereocenters. The Morgan fingerprint density at radius 3 is 2.20 bits per heavy atom. The normalized spacial score (nSPS) is 22.6. The number of nitrogens with one attached hydrogen (secondary N) is 1. The van der Waals surface area contributed by atoms with E-state index in [1.807, 2.05) is 0 Å². The second-order valence-electron chi connectivity index (χ2n) is 7.45. The maximum Gasteiger partial charge on any atom is 0.251 e. The van der Waals surface area contributed by atoms with Gasteiger partial charge in [0.2, 0.25) is 0 Å². The van der Waals surface area contributed by atoms with Crippen LogP contribution in [0.2, 0.25) is 0 Å². The molecule has 140 valence electrons. The van der Waals surface area contributed by atoms with Crippen LogP contribution < -0.4 is 5.32 Å². The molecule has 0 aliphatic carbocycles. The molecule has 1 aromatic rings. The molecule has 1 aliphatic rings. The highest BCUT2D eigenvalue weighted by molar-refractivity contribution is 7.90. The lowest BCUT2D eigenvalue weighted by atomic mass is 10.00. The van der Waals surface area contributed by atoms with Gasteiger partial charge in [-0.25, -0.2) is 8.42 Å². The maximum atomic E-state index is 12.4. The number of sulfone groups is 1. The molecule has 1 saturated heterocycles. The molecule has 0 saturated carbocycles. The lowest BCUT2D eigenvalue weighted by Crippen LogP contribution is -2.58. The third-order valence-corrected chi connectivity index (χ3v) is 5.63. The summed E-state index contributed by atoms with van der Waals surface area (Å²) in [5.41, 5.74) is 0.251. The average molecular weight is 368 g/mol. The lowest BCUT2D eigenvalue weighted by Gasteiger charge is -2.45. The van der Waals surface area contributed by atoms with Crippen LogP contribution in [0.4, 0.5) is 0 Å². The number of hydrogen-bond acceptors (Lipinski definition) is 5. The molecular formula is C18H28N2O4S. The van der Waals surface area contributed by atoms with Gasteiger partial charge in [0.05, 0.1) is 17.1 Å². The van der Waals surface area contributed by atoms with Crippen LogP contribution >= 0.6 is 0 Å². The van der Waals surface area contributed by atoms with Gasteiger partial charge in [0, 0.05) is 37.0 Å². The second kappa shape index (κ2) is 7.43. The largest absolute Gasteiger partial charge is 0.373 e. The van der Waals surface area contributed by atoms with Crippen molar-refractivity contribution < 1.29 is 17.9 Å². The first kappa shape index (κ1) is 19.9. The zero-order valence-electron chi connectivity index (χ0n) is 15.6. The summed E-state index contributed by atoms with van der Waals surface area (Å²) in [7, 11) is -3.26. The van der Waals surface area contributed by atoms with Crippen molar-refractivity contribution in [2.24, 2.45) is 0 Å². The van der Waals surface area contributed by atoms with Crippen molar-refractivity contribution in [1.82, 2.24) is 10.2 Å². The topological polar surface area (TPSA) is 75.7 Å². The highest BCUT2D eigenvalue weighted by Crippen LogP contribution is 2.21. The Balaban J connectivity index is 1.98. The highest BCUT2D eigenvalue weighted by Gasteiger charge is 2.33. The Morgan fingerprint density at radius 2 is 1.72 bits per heavy atom. The first-order chi connectivity index (χ1) is 11.5. The molecule has 1 fully saturated rings. The molecule has 1 amide bonds. The summed E-state index contributed by atoms with van der Waals surface area (Å²) in [6, 6.07) is 6.00. The van der Waals surface area contributed by atoms with E-state index >= 15 is 0 Å². The third-order valence-electron chi connectivity index (χ3n) is 4.50. The molecule has 2 rings (SSSR count). The Kier molecular flexibility index (Phi) is 5.91. The van der Waals surface area contributed by atoms with Crippen LogP contribution in [0.3, 0.4) is 0 Å². The minimum atomic E-state index is -3.26. The van der Waals surface area contributed by atoms with Gasteiger partial charge in [0.1, 0.15) is 0 Å². The first-order valence-corrected chi connectivity index (χ1v) is 10.4. The van der Waals surface area contributed by atoms with E-state index in [4.69, 9.17) is 4.74 Å². The van der Waals surface area contributed by atoms with E-state index < -0.39 is 9.84 Å². The Hall–Kier alpha value is -1.44. The van der Waals surface area contributed by atoms with Gasteiger partial charge in [-0.1, -0.05) is 0 Å². The van der Waals surface area contributed by atoms with Crippen LogP contribution in [0.1, 0.15) is 38.1 Å². The minimum absolute atomic E-state index is 0.169. The summed E-state index contributed by atoms with van der Waals surface area (Å²) in [5, 5.41) is 2.95. The van der Waals surface area contributed by atoms with Gasteiger partial charge in [-0.15, -0.1) is 0 Å². The van der Waals surface area contributed by atoms with E-state index in [1.165, 1.54) is 24.3 Å². The van der Waals surface area contributed by atoms with Crippen LogP contribution in [0.15, 0.2) is 29.2 Å². The molecule has 6 nitrogen and oxygen atoms in total. The van der Waals surface area contributed by atoms with Gasteiger partial charge < -0.3 is 10.1 Å². The van der Waals surface area contributed by atoms with Crippen molar-refractivity contribution in [2.75, 3.05) is 25.9 Å². The van der Waals surface area contributed by atoms with Crippen molar-refractivity contribution in [3.63, 3.8) is 0 Å². The standard InChI is InChI=1S/C18H28N2O4S/c1-13-10-20(11-14(2)24-13)18(3,4)12-19-17(21)15-6-8-16(9-7-15)25(5,22)23/h6-9,13-14H,10-12H2,1-5H3,(H,19,21). The number of hydrogen-bond donors (Lipinski definition) is 1. The SMILES string of the molecule is CC1CN(C(C)(C)CNC(=O)c2ccc(S(C)(=O)=O)cc2)CC(C)O1. The third kappa shape index (κ3) is 5.26. The summed E-state index contributed by atoms with van der Waals surface area (Å²) >= 11 is 0. The molecule has 0 radical (unpaired) electrons. The lowest BCUT2D eigenvalue weighted by molar-refractivity contribution is -0.0948. The van der Waals surface area contributed by atoms with Crippen molar-refractivity contribution >= 4 is 15.7 Å². The highest BCUT2D eigenvalue weighted by atomic mass is 32.2. The van der Waals surface area contributed by atoms with E-state index in [0.717, 1.165) is 19.3 Å². The van der Waals surface area contributed by atoms with Gasteiger partial charge in [-0.3, -0.25) is 9.69 Å². The van der Waals surface area contributed by atoms with Crippen LogP contribution in [0, 0.1) is 0 Å². The Morgan fingerprint density at radius 1 is 1.20 bits per heavy atom. The van der Waals surface area contributed by atoms with Crippen molar-refractivity contribution in [1.29, 1.82) is 0 Å². The summed E-state index contributed by atoms with van der Waals surface area (Å²) in [6.45, 7) is 10.5. The van der Waals surface area contributed by atoms with E-state index in [0.29, 0.717) is 12.1 Å². The number of ether oxygens (including phenoxy) is 1. The van der Waals surface area contributed by atoms with Gasteiger partial charge in [-0.2, -0.15) is 0 Å². The molecule has 0 bridgehead atoms.